The standard InChI is InChI=1S/C15H23N3O2/c1-15(2,3)14(19)20-11-13-16-9-12(10-17-13)18-7-5-4-6-8-18/h9-10H,4-8,11H2,1-3H3. The Morgan fingerprint density at radius 1 is 1.20 bits per heavy atom. The van der Waals surface area contributed by atoms with E-state index in [1.54, 1.807) is 0 Å². The summed E-state index contributed by atoms with van der Waals surface area (Å²) in [5, 5.41) is 0. The molecule has 1 aliphatic rings. The van der Waals surface area contributed by atoms with Gasteiger partial charge < -0.3 is 9.64 Å². The molecule has 2 rings (SSSR count). The number of anilines is 1. The van der Waals surface area contributed by atoms with Crippen molar-refractivity contribution in [3.8, 4) is 0 Å². The predicted molar refractivity (Wildman–Crippen MR) is 77.3 cm³/mol. The van der Waals surface area contributed by atoms with Crippen molar-refractivity contribution < 1.29 is 9.53 Å². The van der Waals surface area contributed by atoms with Crippen molar-refractivity contribution in [3.63, 3.8) is 0 Å². The number of carbonyl (C=O) groups excluding carboxylic acids is 1. The van der Waals surface area contributed by atoms with Gasteiger partial charge in [-0.1, -0.05) is 0 Å². The maximum atomic E-state index is 11.7. The minimum Gasteiger partial charge on any atom is -0.457 e. The SMILES string of the molecule is CC(C)(C)C(=O)OCc1ncc(N2CCCCC2)cn1. The molecule has 1 saturated heterocycles. The van der Waals surface area contributed by atoms with Crippen molar-refractivity contribution in [2.45, 2.75) is 46.6 Å². The number of carbonyl (C=O) groups is 1. The molecule has 2 heterocycles. The van der Waals surface area contributed by atoms with E-state index in [1.165, 1.54) is 19.3 Å². The number of hydrogen-bond acceptors (Lipinski definition) is 5. The lowest BCUT2D eigenvalue weighted by Gasteiger charge is -2.28. The molecule has 0 aliphatic carbocycles. The maximum Gasteiger partial charge on any atom is 0.311 e. The third kappa shape index (κ3) is 3.92. The van der Waals surface area contributed by atoms with Crippen LogP contribution in [0.25, 0.3) is 0 Å². The van der Waals surface area contributed by atoms with Crippen LogP contribution in [-0.4, -0.2) is 29.0 Å². The molecule has 0 unspecified atom stereocenters. The number of aromatic nitrogens is 2. The topological polar surface area (TPSA) is 55.3 Å². The Bertz CT molecular complexity index is 445. The first-order valence-electron chi connectivity index (χ1n) is 7.20. The fourth-order valence-electron chi connectivity index (χ4n) is 2.08. The number of nitrogens with zero attached hydrogens (tertiary/aromatic N) is 3. The molecule has 1 aliphatic heterocycles. The van der Waals surface area contributed by atoms with Crippen LogP contribution < -0.4 is 4.90 Å². The molecule has 0 radical (unpaired) electrons. The van der Waals surface area contributed by atoms with Crippen LogP contribution in [0.5, 0.6) is 0 Å². The van der Waals surface area contributed by atoms with Gasteiger partial charge in [-0.05, 0) is 40.0 Å². The van der Waals surface area contributed by atoms with Gasteiger partial charge in [0, 0.05) is 13.1 Å². The molecule has 5 heteroatoms. The van der Waals surface area contributed by atoms with Crippen LogP contribution in [0.1, 0.15) is 45.9 Å². The van der Waals surface area contributed by atoms with Crippen LogP contribution in [0.2, 0.25) is 0 Å². The van der Waals surface area contributed by atoms with Crippen molar-refractivity contribution in [1.29, 1.82) is 0 Å². The second-order valence-electron chi connectivity index (χ2n) is 6.23. The van der Waals surface area contributed by atoms with Crippen LogP contribution in [0.3, 0.4) is 0 Å². The third-order valence-corrected chi connectivity index (χ3v) is 3.36. The second kappa shape index (κ2) is 6.20. The molecule has 0 spiro atoms. The summed E-state index contributed by atoms with van der Waals surface area (Å²) in [5.41, 5.74) is 0.559. The van der Waals surface area contributed by atoms with Crippen molar-refractivity contribution >= 4 is 11.7 Å². The molecule has 1 aromatic heterocycles. The Kier molecular flexibility index (Phi) is 4.57. The van der Waals surface area contributed by atoms with Gasteiger partial charge in [-0.3, -0.25) is 4.79 Å². The molecule has 0 amide bonds. The van der Waals surface area contributed by atoms with E-state index in [0.717, 1.165) is 18.8 Å². The van der Waals surface area contributed by atoms with Crippen LogP contribution in [-0.2, 0) is 16.1 Å². The van der Waals surface area contributed by atoms with E-state index in [-0.39, 0.29) is 12.6 Å². The molecule has 0 N–H and O–H groups in total. The quantitative estimate of drug-likeness (QED) is 0.795. The Morgan fingerprint density at radius 3 is 2.35 bits per heavy atom. The highest BCUT2D eigenvalue weighted by molar-refractivity contribution is 5.75. The molecular weight excluding hydrogens is 254 g/mol. The van der Waals surface area contributed by atoms with E-state index in [9.17, 15) is 4.79 Å². The predicted octanol–water partition coefficient (Wildman–Crippen LogP) is 2.56. The largest absolute Gasteiger partial charge is 0.457 e. The first-order chi connectivity index (χ1) is 9.47. The van der Waals surface area contributed by atoms with Gasteiger partial charge in [0.05, 0.1) is 23.5 Å². The number of ether oxygens (including phenoxy) is 1. The highest BCUT2D eigenvalue weighted by Crippen LogP contribution is 2.18. The zero-order chi connectivity index (χ0) is 14.6. The van der Waals surface area contributed by atoms with Crippen LogP contribution in [0.4, 0.5) is 5.69 Å². The summed E-state index contributed by atoms with van der Waals surface area (Å²) in [6.45, 7) is 7.76. The highest BCUT2D eigenvalue weighted by atomic mass is 16.5. The van der Waals surface area contributed by atoms with E-state index < -0.39 is 5.41 Å². The van der Waals surface area contributed by atoms with Gasteiger partial charge in [-0.15, -0.1) is 0 Å². The van der Waals surface area contributed by atoms with Gasteiger partial charge in [0.2, 0.25) is 0 Å². The molecule has 0 atom stereocenters. The summed E-state index contributed by atoms with van der Waals surface area (Å²) >= 11 is 0. The Labute approximate surface area is 120 Å². The third-order valence-electron chi connectivity index (χ3n) is 3.36. The Balaban J connectivity index is 1.90. The smallest absolute Gasteiger partial charge is 0.311 e. The first kappa shape index (κ1) is 14.8. The summed E-state index contributed by atoms with van der Waals surface area (Å²) < 4.78 is 5.20. The summed E-state index contributed by atoms with van der Waals surface area (Å²) in [6, 6.07) is 0. The van der Waals surface area contributed by atoms with Crippen molar-refractivity contribution in [2.24, 2.45) is 5.41 Å². The van der Waals surface area contributed by atoms with Crippen LogP contribution in [0.15, 0.2) is 12.4 Å². The van der Waals surface area contributed by atoms with Gasteiger partial charge in [0.25, 0.3) is 0 Å². The number of rotatable bonds is 3. The van der Waals surface area contributed by atoms with E-state index in [4.69, 9.17) is 4.74 Å². The van der Waals surface area contributed by atoms with Crippen molar-refractivity contribution in [3.05, 3.63) is 18.2 Å². The lowest BCUT2D eigenvalue weighted by atomic mass is 9.97. The molecule has 20 heavy (non-hydrogen) atoms. The van der Waals surface area contributed by atoms with E-state index in [0.29, 0.717) is 5.82 Å². The zero-order valence-electron chi connectivity index (χ0n) is 12.6. The highest BCUT2D eigenvalue weighted by Gasteiger charge is 2.23. The monoisotopic (exact) mass is 277 g/mol. The average molecular weight is 277 g/mol. The number of piperidine rings is 1. The zero-order valence-corrected chi connectivity index (χ0v) is 12.6. The van der Waals surface area contributed by atoms with Gasteiger partial charge in [0.1, 0.15) is 0 Å². The van der Waals surface area contributed by atoms with Gasteiger partial charge >= 0.3 is 5.97 Å². The molecule has 1 aromatic rings. The molecule has 5 nitrogen and oxygen atoms in total. The van der Waals surface area contributed by atoms with Gasteiger partial charge in [-0.2, -0.15) is 0 Å². The van der Waals surface area contributed by atoms with Crippen LogP contribution in [0, 0.1) is 5.41 Å². The molecule has 1 fully saturated rings. The summed E-state index contributed by atoms with van der Waals surface area (Å²) in [4.78, 5) is 22.5. The average Bonchev–Trinajstić information content (AvgIpc) is 2.45. The number of hydrogen-bond donors (Lipinski definition) is 0. The summed E-state index contributed by atoms with van der Waals surface area (Å²) in [7, 11) is 0. The van der Waals surface area contributed by atoms with Crippen molar-refractivity contribution in [1.82, 2.24) is 9.97 Å². The normalized spacial score (nSPS) is 16.1. The minimum absolute atomic E-state index is 0.135. The molecule has 0 aromatic carbocycles. The van der Waals surface area contributed by atoms with E-state index >= 15 is 0 Å². The molecule has 0 saturated carbocycles. The van der Waals surface area contributed by atoms with E-state index in [2.05, 4.69) is 14.9 Å². The Morgan fingerprint density at radius 2 is 1.80 bits per heavy atom. The van der Waals surface area contributed by atoms with E-state index in [1.807, 2.05) is 33.2 Å². The molecule has 110 valence electrons. The molecular formula is C15H23N3O2. The number of esters is 1. The van der Waals surface area contributed by atoms with Crippen molar-refractivity contribution in [2.75, 3.05) is 18.0 Å². The fraction of sp³-hybridized carbons (Fsp3) is 0.667. The lowest BCUT2D eigenvalue weighted by molar-refractivity contribution is -0.154. The first-order valence-corrected chi connectivity index (χ1v) is 7.20. The Hall–Kier alpha value is -1.65. The van der Waals surface area contributed by atoms with Crippen LogP contribution >= 0.6 is 0 Å². The van der Waals surface area contributed by atoms with Gasteiger partial charge in [0.15, 0.2) is 12.4 Å². The summed E-state index contributed by atoms with van der Waals surface area (Å²) in [5.74, 6) is 0.310. The minimum atomic E-state index is -0.492. The lowest BCUT2D eigenvalue weighted by Crippen LogP contribution is -2.29. The fourth-order valence-corrected chi connectivity index (χ4v) is 2.08. The molecule has 0 bridgehead atoms. The maximum absolute atomic E-state index is 11.7. The summed E-state index contributed by atoms with van der Waals surface area (Å²) in [6.07, 6.45) is 7.39. The van der Waals surface area contributed by atoms with Gasteiger partial charge in [-0.25, -0.2) is 9.97 Å². The second-order valence-corrected chi connectivity index (χ2v) is 6.23.